The standard InChI is InChI=1S/C7H14O2.C5H12/c1-5-9-6(8)7(2,3)4;1-3-5-4-2/h5H2,1-4H3;3-5H2,1-2H3. The van der Waals surface area contributed by atoms with Crippen molar-refractivity contribution in [3.63, 3.8) is 0 Å². The lowest BCUT2D eigenvalue weighted by molar-refractivity contribution is -0.152. The molecule has 0 aromatic carbocycles. The normalized spacial score (nSPS) is 10.1. The van der Waals surface area contributed by atoms with Crippen molar-refractivity contribution >= 4 is 5.97 Å². The highest BCUT2D eigenvalue weighted by Gasteiger charge is 2.21. The van der Waals surface area contributed by atoms with E-state index in [2.05, 4.69) is 13.8 Å². The molecule has 0 unspecified atom stereocenters. The molecule has 0 aliphatic heterocycles. The van der Waals surface area contributed by atoms with Crippen molar-refractivity contribution in [3.8, 4) is 0 Å². The number of hydrogen-bond donors (Lipinski definition) is 0. The summed E-state index contributed by atoms with van der Waals surface area (Å²) < 4.78 is 4.77. The molecule has 86 valence electrons. The molecule has 14 heavy (non-hydrogen) atoms. The second kappa shape index (κ2) is 9.04. The zero-order valence-electron chi connectivity index (χ0n) is 10.6. The molecule has 0 bridgehead atoms. The monoisotopic (exact) mass is 202 g/mol. The number of carbonyl (C=O) groups is 1. The average Bonchev–Trinajstić information content (AvgIpc) is 2.05. The van der Waals surface area contributed by atoms with Crippen LogP contribution in [0.3, 0.4) is 0 Å². The van der Waals surface area contributed by atoms with E-state index in [1.165, 1.54) is 19.3 Å². The highest BCUT2D eigenvalue weighted by atomic mass is 16.5. The number of esters is 1. The summed E-state index contributed by atoms with van der Waals surface area (Å²) in [5.74, 6) is -0.134. The van der Waals surface area contributed by atoms with Crippen LogP contribution in [0, 0.1) is 5.41 Å². The van der Waals surface area contributed by atoms with Gasteiger partial charge < -0.3 is 4.74 Å². The van der Waals surface area contributed by atoms with E-state index in [0.29, 0.717) is 6.61 Å². The molecule has 0 radical (unpaired) electrons. The summed E-state index contributed by atoms with van der Waals surface area (Å²) in [6.07, 6.45) is 4.08. The first-order valence-electron chi connectivity index (χ1n) is 5.57. The molecule has 2 heteroatoms. The Morgan fingerprint density at radius 2 is 1.50 bits per heavy atom. The van der Waals surface area contributed by atoms with Crippen molar-refractivity contribution < 1.29 is 9.53 Å². The van der Waals surface area contributed by atoms with E-state index in [-0.39, 0.29) is 11.4 Å². The molecule has 0 aliphatic rings. The largest absolute Gasteiger partial charge is 0.466 e. The summed E-state index contributed by atoms with van der Waals surface area (Å²) in [6.45, 7) is 12.2. The van der Waals surface area contributed by atoms with E-state index < -0.39 is 0 Å². The highest BCUT2D eigenvalue weighted by molar-refractivity contribution is 5.75. The molecule has 0 aliphatic carbocycles. The van der Waals surface area contributed by atoms with Crippen LogP contribution in [0.4, 0.5) is 0 Å². The summed E-state index contributed by atoms with van der Waals surface area (Å²) in [5, 5.41) is 0. The summed E-state index contributed by atoms with van der Waals surface area (Å²) in [7, 11) is 0. The van der Waals surface area contributed by atoms with Gasteiger partial charge in [0.05, 0.1) is 12.0 Å². The van der Waals surface area contributed by atoms with Crippen LogP contribution in [-0.2, 0) is 9.53 Å². The lowest BCUT2D eigenvalue weighted by Gasteiger charge is -2.14. The van der Waals surface area contributed by atoms with Gasteiger partial charge in [-0.25, -0.2) is 0 Å². The van der Waals surface area contributed by atoms with Gasteiger partial charge in [-0.05, 0) is 27.7 Å². The van der Waals surface area contributed by atoms with Crippen molar-refractivity contribution in [1.82, 2.24) is 0 Å². The molecule has 0 atom stereocenters. The Labute approximate surface area is 89.0 Å². The maximum Gasteiger partial charge on any atom is 0.311 e. The van der Waals surface area contributed by atoms with Crippen molar-refractivity contribution in [2.24, 2.45) is 5.41 Å². The van der Waals surface area contributed by atoms with E-state index in [4.69, 9.17) is 4.74 Å². The smallest absolute Gasteiger partial charge is 0.311 e. The molecule has 0 saturated carbocycles. The van der Waals surface area contributed by atoms with Crippen molar-refractivity contribution in [1.29, 1.82) is 0 Å². The third-order valence-corrected chi connectivity index (χ3v) is 1.59. The molecular weight excluding hydrogens is 176 g/mol. The predicted octanol–water partition coefficient (Wildman–Crippen LogP) is 3.79. The van der Waals surface area contributed by atoms with Gasteiger partial charge in [0.2, 0.25) is 0 Å². The fraction of sp³-hybridized carbons (Fsp3) is 0.917. The number of unbranched alkanes of at least 4 members (excludes halogenated alkanes) is 2. The van der Waals surface area contributed by atoms with Crippen LogP contribution >= 0.6 is 0 Å². The third-order valence-electron chi connectivity index (χ3n) is 1.59. The van der Waals surface area contributed by atoms with Crippen LogP contribution in [0.1, 0.15) is 60.8 Å². The maximum atomic E-state index is 10.8. The minimum Gasteiger partial charge on any atom is -0.466 e. The SMILES string of the molecule is CCCCC.CCOC(=O)C(C)(C)C. The zero-order valence-corrected chi connectivity index (χ0v) is 10.6. The Bertz CT molecular complexity index is 132. The van der Waals surface area contributed by atoms with Crippen molar-refractivity contribution in [2.45, 2.75) is 60.8 Å². The average molecular weight is 202 g/mol. The van der Waals surface area contributed by atoms with Gasteiger partial charge in [-0.3, -0.25) is 4.79 Å². The van der Waals surface area contributed by atoms with Gasteiger partial charge in [0.25, 0.3) is 0 Å². The lowest BCUT2D eigenvalue weighted by Crippen LogP contribution is -2.22. The Morgan fingerprint density at radius 3 is 1.57 bits per heavy atom. The van der Waals surface area contributed by atoms with Gasteiger partial charge >= 0.3 is 5.97 Å². The molecule has 2 nitrogen and oxygen atoms in total. The molecule has 0 fully saturated rings. The van der Waals surface area contributed by atoms with Gasteiger partial charge in [-0.2, -0.15) is 0 Å². The van der Waals surface area contributed by atoms with E-state index >= 15 is 0 Å². The molecule has 0 heterocycles. The Hall–Kier alpha value is -0.530. The first-order valence-corrected chi connectivity index (χ1v) is 5.57. The second-order valence-corrected chi connectivity index (χ2v) is 4.32. The van der Waals surface area contributed by atoms with E-state index in [1.807, 2.05) is 27.7 Å². The van der Waals surface area contributed by atoms with Gasteiger partial charge in [-0.15, -0.1) is 0 Å². The number of carbonyl (C=O) groups excluding carboxylic acids is 1. The van der Waals surface area contributed by atoms with Crippen LogP contribution in [0.2, 0.25) is 0 Å². The van der Waals surface area contributed by atoms with Crippen LogP contribution in [0.5, 0.6) is 0 Å². The Balaban J connectivity index is 0. The van der Waals surface area contributed by atoms with Crippen LogP contribution in [0.25, 0.3) is 0 Å². The van der Waals surface area contributed by atoms with Crippen LogP contribution in [0.15, 0.2) is 0 Å². The maximum absolute atomic E-state index is 10.8. The van der Waals surface area contributed by atoms with Gasteiger partial charge in [-0.1, -0.05) is 33.1 Å². The summed E-state index contributed by atoms with van der Waals surface area (Å²) in [6, 6.07) is 0. The minimum absolute atomic E-state index is 0.134. The predicted molar refractivity (Wildman–Crippen MR) is 61.3 cm³/mol. The molecule has 0 amide bonds. The summed E-state index contributed by atoms with van der Waals surface area (Å²) in [4.78, 5) is 10.8. The van der Waals surface area contributed by atoms with E-state index in [9.17, 15) is 4.79 Å². The first kappa shape index (κ1) is 15.9. The zero-order chi connectivity index (χ0) is 11.6. The summed E-state index contributed by atoms with van der Waals surface area (Å²) >= 11 is 0. The minimum atomic E-state index is -0.351. The van der Waals surface area contributed by atoms with E-state index in [0.717, 1.165) is 0 Å². The Kier molecular flexibility index (Phi) is 10.3. The Morgan fingerprint density at radius 1 is 1.07 bits per heavy atom. The molecule has 0 aromatic rings. The van der Waals surface area contributed by atoms with Crippen molar-refractivity contribution in [2.75, 3.05) is 6.61 Å². The van der Waals surface area contributed by atoms with Crippen LogP contribution in [-0.4, -0.2) is 12.6 Å². The second-order valence-electron chi connectivity index (χ2n) is 4.32. The van der Waals surface area contributed by atoms with Crippen molar-refractivity contribution in [3.05, 3.63) is 0 Å². The first-order chi connectivity index (χ1) is 6.40. The molecule has 0 spiro atoms. The fourth-order valence-corrected chi connectivity index (χ4v) is 0.701. The molecule has 0 N–H and O–H groups in total. The quantitative estimate of drug-likeness (QED) is 0.651. The number of hydrogen-bond acceptors (Lipinski definition) is 2. The topological polar surface area (TPSA) is 26.3 Å². The summed E-state index contributed by atoms with van der Waals surface area (Å²) in [5.41, 5.74) is -0.351. The van der Waals surface area contributed by atoms with E-state index in [1.54, 1.807) is 0 Å². The molecule has 0 aromatic heterocycles. The van der Waals surface area contributed by atoms with Gasteiger partial charge in [0, 0.05) is 0 Å². The highest BCUT2D eigenvalue weighted by Crippen LogP contribution is 2.14. The van der Waals surface area contributed by atoms with Gasteiger partial charge in [0.15, 0.2) is 0 Å². The molecule has 0 rings (SSSR count). The fourth-order valence-electron chi connectivity index (χ4n) is 0.701. The third kappa shape index (κ3) is 11.5. The lowest BCUT2D eigenvalue weighted by atomic mass is 9.97. The molecule has 0 saturated heterocycles. The number of rotatable bonds is 3. The molecular formula is C12H26O2. The van der Waals surface area contributed by atoms with Crippen LogP contribution < -0.4 is 0 Å². The van der Waals surface area contributed by atoms with Gasteiger partial charge in [0.1, 0.15) is 0 Å². The number of ether oxygens (including phenoxy) is 1.